The maximum atomic E-state index is 11.9. The van der Waals surface area contributed by atoms with Crippen LogP contribution in [0.5, 0.6) is 0 Å². The van der Waals surface area contributed by atoms with Gasteiger partial charge in [-0.25, -0.2) is 0 Å². The molecule has 1 aromatic heterocycles. The lowest BCUT2D eigenvalue weighted by Crippen LogP contribution is -2.35. The van der Waals surface area contributed by atoms with Crippen molar-refractivity contribution in [2.45, 2.75) is 59.5 Å². The Bertz CT molecular complexity index is 420. The Labute approximate surface area is 120 Å². The summed E-state index contributed by atoms with van der Waals surface area (Å²) in [6, 6.07) is 4.14. The van der Waals surface area contributed by atoms with Crippen LogP contribution in [0, 0.1) is 12.3 Å². The summed E-state index contributed by atoms with van der Waals surface area (Å²) in [6.07, 6.45) is 1.25. The SMILES string of the molecule is Cc1ccc(C(C)NC(=O)CC(N)CC(C)(C)C)s1. The highest BCUT2D eigenvalue weighted by Crippen LogP contribution is 2.23. The molecule has 1 rings (SSSR count). The zero-order valence-electron chi connectivity index (χ0n) is 12.6. The van der Waals surface area contributed by atoms with Crippen LogP contribution in [-0.2, 0) is 4.79 Å². The quantitative estimate of drug-likeness (QED) is 0.869. The zero-order valence-corrected chi connectivity index (χ0v) is 13.4. The monoisotopic (exact) mass is 282 g/mol. The molecule has 0 saturated carbocycles. The zero-order chi connectivity index (χ0) is 14.6. The van der Waals surface area contributed by atoms with Gasteiger partial charge in [-0.3, -0.25) is 4.79 Å². The maximum Gasteiger partial charge on any atom is 0.222 e. The first-order valence-corrected chi connectivity index (χ1v) is 7.60. The number of carbonyl (C=O) groups is 1. The van der Waals surface area contributed by atoms with Crippen LogP contribution in [0.25, 0.3) is 0 Å². The summed E-state index contributed by atoms with van der Waals surface area (Å²) in [5.74, 6) is 0.0373. The number of aryl methyl sites for hydroxylation is 1. The minimum atomic E-state index is -0.0720. The van der Waals surface area contributed by atoms with Crippen LogP contribution in [0.2, 0.25) is 0 Å². The predicted octanol–water partition coefficient (Wildman–Crippen LogP) is 3.39. The number of hydrogen-bond acceptors (Lipinski definition) is 3. The third kappa shape index (κ3) is 6.21. The number of nitrogens with one attached hydrogen (secondary N) is 1. The average molecular weight is 282 g/mol. The Morgan fingerprint density at radius 2 is 2.05 bits per heavy atom. The van der Waals surface area contributed by atoms with E-state index >= 15 is 0 Å². The highest BCUT2D eigenvalue weighted by atomic mass is 32.1. The van der Waals surface area contributed by atoms with Gasteiger partial charge in [0.05, 0.1) is 6.04 Å². The first-order valence-electron chi connectivity index (χ1n) is 6.78. The second kappa shape index (κ2) is 6.53. The minimum absolute atomic E-state index is 0.0373. The van der Waals surface area contributed by atoms with E-state index in [0.29, 0.717) is 6.42 Å². The summed E-state index contributed by atoms with van der Waals surface area (Å²) in [5.41, 5.74) is 6.18. The van der Waals surface area contributed by atoms with Gasteiger partial charge in [-0.05, 0) is 37.8 Å². The van der Waals surface area contributed by atoms with Crippen molar-refractivity contribution in [3.05, 3.63) is 21.9 Å². The molecule has 0 spiro atoms. The van der Waals surface area contributed by atoms with Crippen LogP contribution in [0.3, 0.4) is 0 Å². The fourth-order valence-corrected chi connectivity index (χ4v) is 3.03. The Morgan fingerprint density at radius 3 is 2.53 bits per heavy atom. The normalized spacial score (nSPS) is 15.1. The Morgan fingerprint density at radius 1 is 1.42 bits per heavy atom. The Balaban J connectivity index is 2.43. The molecule has 0 aliphatic rings. The van der Waals surface area contributed by atoms with Gasteiger partial charge >= 0.3 is 0 Å². The van der Waals surface area contributed by atoms with Crippen molar-refractivity contribution in [1.82, 2.24) is 5.32 Å². The molecule has 2 atom stereocenters. The van der Waals surface area contributed by atoms with Crippen molar-refractivity contribution >= 4 is 17.2 Å². The van der Waals surface area contributed by atoms with Gasteiger partial charge < -0.3 is 11.1 Å². The third-order valence-corrected chi connectivity index (χ3v) is 4.07. The fourth-order valence-electron chi connectivity index (χ4n) is 2.15. The van der Waals surface area contributed by atoms with E-state index in [2.05, 4.69) is 45.1 Å². The van der Waals surface area contributed by atoms with Gasteiger partial charge in [0.2, 0.25) is 5.91 Å². The van der Waals surface area contributed by atoms with Gasteiger partial charge in [0, 0.05) is 22.2 Å². The lowest BCUT2D eigenvalue weighted by Gasteiger charge is -2.23. The van der Waals surface area contributed by atoms with Gasteiger partial charge in [-0.1, -0.05) is 20.8 Å². The molecule has 3 N–H and O–H groups in total. The highest BCUT2D eigenvalue weighted by Gasteiger charge is 2.19. The van der Waals surface area contributed by atoms with Crippen LogP contribution < -0.4 is 11.1 Å². The van der Waals surface area contributed by atoms with E-state index in [0.717, 1.165) is 6.42 Å². The van der Waals surface area contributed by atoms with Crippen molar-refractivity contribution in [2.24, 2.45) is 11.1 Å². The van der Waals surface area contributed by atoms with Crippen molar-refractivity contribution in [1.29, 1.82) is 0 Å². The van der Waals surface area contributed by atoms with Crippen LogP contribution in [0.1, 0.15) is 56.3 Å². The average Bonchev–Trinajstić information content (AvgIpc) is 2.61. The molecule has 1 heterocycles. The number of rotatable bonds is 5. The van der Waals surface area contributed by atoms with Crippen molar-refractivity contribution < 1.29 is 4.79 Å². The molecule has 0 aromatic carbocycles. The first-order chi connectivity index (χ1) is 8.67. The molecule has 3 nitrogen and oxygen atoms in total. The van der Waals surface area contributed by atoms with Gasteiger partial charge in [0.15, 0.2) is 0 Å². The van der Waals surface area contributed by atoms with Crippen LogP contribution >= 0.6 is 11.3 Å². The molecule has 2 unspecified atom stereocenters. The maximum absolute atomic E-state index is 11.9. The minimum Gasteiger partial charge on any atom is -0.349 e. The van der Waals surface area contributed by atoms with E-state index in [9.17, 15) is 4.79 Å². The van der Waals surface area contributed by atoms with E-state index in [4.69, 9.17) is 5.73 Å². The van der Waals surface area contributed by atoms with Crippen LogP contribution in [-0.4, -0.2) is 11.9 Å². The van der Waals surface area contributed by atoms with E-state index in [-0.39, 0.29) is 23.4 Å². The van der Waals surface area contributed by atoms with E-state index in [1.807, 2.05) is 6.92 Å². The van der Waals surface area contributed by atoms with Crippen LogP contribution in [0.4, 0.5) is 0 Å². The fraction of sp³-hybridized carbons (Fsp3) is 0.667. The van der Waals surface area contributed by atoms with Crippen molar-refractivity contribution in [2.75, 3.05) is 0 Å². The van der Waals surface area contributed by atoms with E-state index < -0.39 is 0 Å². The van der Waals surface area contributed by atoms with Crippen LogP contribution in [0.15, 0.2) is 12.1 Å². The molecule has 1 aromatic rings. The summed E-state index contributed by atoms with van der Waals surface area (Å²) < 4.78 is 0. The van der Waals surface area contributed by atoms with Gasteiger partial charge in [-0.2, -0.15) is 0 Å². The summed E-state index contributed by atoms with van der Waals surface area (Å²) >= 11 is 1.72. The molecule has 19 heavy (non-hydrogen) atoms. The molecule has 0 saturated heterocycles. The molecular weight excluding hydrogens is 256 g/mol. The Hall–Kier alpha value is -0.870. The van der Waals surface area contributed by atoms with Crippen molar-refractivity contribution in [3.63, 3.8) is 0 Å². The second-order valence-corrected chi connectivity index (χ2v) is 7.79. The molecule has 0 radical (unpaired) electrons. The number of thiophene rings is 1. The number of nitrogens with two attached hydrogens (primary N) is 1. The third-order valence-electron chi connectivity index (χ3n) is 2.89. The van der Waals surface area contributed by atoms with Gasteiger partial charge in [-0.15, -0.1) is 11.3 Å². The largest absolute Gasteiger partial charge is 0.349 e. The molecule has 0 aliphatic carbocycles. The number of carbonyl (C=O) groups excluding carboxylic acids is 1. The predicted molar refractivity (Wildman–Crippen MR) is 82.3 cm³/mol. The second-order valence-electron chi connectivity index (χ2n) is 6.47. The summed E-state index contributed by atoms with van der Waals surface area (Å²) in [4.78, 5) is 14.4. The lowest BCUT2D eigenvalue weighted by molar-refractivity contribution is -0.122. The summed E-state index contributed by atoms with van der Waals surface area (Å²) in [6.45, 7) is 10.5. The summed E-state index contributed by atoms with van der Waals surface area (Å²) in [7, 11) is 0. The molecule has 0 bridgehead atoms. The van der Waals surface area contributed by atoms with Gasteiger partial charge in [0.25, 0.3) is 0 Å². The van der Waals surface area contributed by atoms with Gasteiger partial charge in [0.1, 0.15) is 0 Å². The first kappa shape index (κ1) is 16.2. The molecular formula is C15H26N2OS. The highest BCUT2D eigenvalue weighted by molar-refractivity contribution is 7.12. The Kier molecular flexibility index (Phi) is 5.56. The van der Waals surface area contributed by atoms with Crippen molar-refractivity contribution in [3.8, 4) is 0 Å². The van der Waals surface area contributed by atoms with E-state index in [1.54, 1.807) is 11.3 Å². The van der Waals surface area contributed by atoms with E-state index in [1.165, 1.54) is 9.75 Å². The topological polar surface area (TPSA) is 55.1 Å². The molecule has 0 aliphatic heterocycles. The molecule has 108 valence electrons. The molecule has 1 amide bonds. The number of amides is 1. The molecule has 0 fully saturated rings. The standard InChI is InChI=1S/C15H26N2OS/c1-10-6-7-13(19-10)11(2)17-14(18)8-12(16)9-15(3,4)5/h6-7,11-12H,8-9,16H2,1-5H3,(H,17,18). The molecule has 4 heteroatoms. The summed E-state index contributed by atoms with van der Waals surface area (Å²) in [5, 5.41) is 3.02. The lowest BCUT2D eigenvalue weighted by atomic mass is 9.87. The number of hydrogen-bond donors (Lipinski definition) is 2. The smallest absolute Gasteiger partial charge is 0.222 e.